The van der Waals surface area contributed by atoms with Crippen molar-refractivity contribution in [2.45, 2.75) is 26.9 Å². The first kappa shape index (κ1) is 18.1. The molecule has 6 heteroatoms. The van der Waals surface area contributed by atoms with Gasteiger partial charge in [-0.25, -0.2) is 13.8 Å². The Labute approximate surface area is 161 Å². The van der Waals surface area contributed by atoms with Gasteiger partial charge in [-0.3, -0.25) is 4.79 Å². The number of hydrogen-bond donors (Lipinski definition) is 0. The summed E-state index contributed by atoms with van der Waals surface area (Å²) in [6.07, 6.45) is 1.44. The number of nitrogens with zero attached hydrogens (tertiary/aromatic N) is 3. The molecule has 4 rings (SSSR count). The third-order valence-corrected chi connectivity index (χ3v) is 5.03. The van der Waals surface area contributed by atoms with Crippen molar-refractivity contribution < 1.29 is 13.6 Å². The number of benzene rings is 2. The molecule has 0 bridgehead atoms. The summed E-state index contributed by atoms with van der Waals surface area (Å²) in [6.45, 7) is 4.59. The van der Waals surface area contributed by atoms with Gasteiger partial charge in [0.2, 0.25) is 0 Å². The lowest BCUT2D eigenvalue weighted by Crippen LogP contribution is -2.11. The Hall–Kier alpha value is -3.28. The van der Waals surface area contributed by atoms with Gasteiger partial charge in [0.15, 0.2) is 17.4 Å². The number of hydrogen-bond acceptors (Lipinski definition) is 2. The molecule has 0 N–H and O–H groups in total. The highest BCUT2D eigenvalue weighted by Gasteiger charge is 2.18. The standard InChI is InChI=1S/C22H19F2N3O/c1-14-8-17(15(2)27(14)11-16-6-4-3-5-7-16)22(28)12-26-13-25-20-9-18(23)19(24)10-21(20)26/h3-10,13H,11-12H2,1-2H3. The van der Waals surface area contributed by atoms with E-state index in [4.69, 9.17) is 0 Å². The Morgan fingerprint density at radius 2 is 1.75 bits per heavy atom. The minimum absolute atomic E-state index is 0.0111. The van der Waals surface area contributed by atoms with Crippen molar-refractivity contribution in [2.24, 2.45) is 0 Å². The second-order valence-corrected chi connectivity index (χ2v) is 6.91. The first-order chi connectivity index (χ1) is 13.4. The van der Waals surface area contributed by atoms with E-state index in [9.17, 15) is 13.6 Å². The highest BCUT2D eigenvalue weighted by Crippen LogP contribution is 2.21. The number of aromatic nitrogens is 3. The molecule has 0 spiro atoms. The molecule has 0 fully saturated rings. The van der Waals surface area contributed by atoms with Crippen molar-refractivity contribution in [1.82, 2.24) is 14.1 Å². The number of aryl methyl sites for hydroxylation is 1. The number of fused-ring (bicyclic) bond motifs is 1. The van der Waals surface area contributed by atoms with E-state index in [1.807, 2.05) is 50.2 Å². The van der Waals surface area contributed by atoms with Crippen molar-refractivity contribution in [3.8, 4) is 0 Å². The largest absolute Gasteiger partial charge is 0.344 e. The fraction of sp³-hybridized carbons (Fsp3) is 0.182. The maximum Gasteiger partial charge on any atom is 0.184 e. The van der Waals surface area contributed by atoms with Gasteiger partial charge in [0, 0.05) is 35.6 Å². The van der Waals surface area contributed by atoms with E-state index in [2.05, 4.69) is 9.55 Å². The van der Waals surface area contributed by atoms with Crippen LogP contribution in [0.5, 0.6) is 0 Å². The third-order valence-electron chi connectivity index (χ3n) is 5.03. The van der Waals surface area contributed by atoms with Crippen LogP contribution in [0.4, 0.5) is 8.78 Å². The Morgan fingerprint density at radius 1 is 1.04 bits per heavy atom. The predicted octanol–water partition coefficient (Wildman–Crippen LogP) is 4.66. The maximum atomic E-state index is 13.6. The van der Waals surface area contributed by atoms with Crippen LogP contribution in [-0.4, -0.2) is 19.9 Å². The normalized spacial score (nSPS) is 11.3. The number of carbonyl (C=O) groups excluding carboxylic acids is 1. The summed E-state index contributed by atoms with van der Waals surface area (Å²) in [5.74, 6) is -2.01. The fourth-order valence-electron chi connectivity index (χ4n) is 3.51. The summed E-state index contributed by atoms with van der Waals surface area (Å²) < 4.78 is 30.6. The zero-order chi connectivity index (χ0) is 19.8. The quantitative estimate of drug-likeness (QED) is 0.473. The van der Waals surface area contributed by atoms with E-state index in [-0.39, 0.29) is 12.3 Å². The third kappa shape index (κ3) is 3.22. The minimum atomic E-state index is -0.956. The second kappa shape index (κ2) is 7.03. The summed E-state index contributed by atoms with van der Waals surface area (Å²) in [7, 11) is 0. The van der Waals surface area contributed by atoms with Crippen LogP contribution in [0.2, 0.25) is 0 Å². The molecule has 2 aromatic heterocycles. The molecule has 142 valence electrons. The van der Waals surface area contributed by atoms with Crippen LogP contribution < -0.4 is 0 Å². The van der Waals surface area contributed by atoms with E-state index < -0.39 is 11.6 Å². The molecular weight excluding hydrogens is 360 g/mol. The first-order valence-corrected chi connectivity index (χ1v) is 8.98. The Balaban J connectivity index is 1.62. The summed E-state index contributed by atoms with van der Waals surface area (Å²) in [5, 5.41) is 0. The zero-order valence-electron chi connectivity index (χ0n) is 15.6. The molecule has 0 atom stereocenters. The van der Waals surface area contributed by atoms with Crippen molar-refractivity contribution in [3.05, 3.63) is 89.0 Å². The minimum Gasteiger partial charge on any atom is -0.344 e. The highest BCUT2D eigenvalue weighted by molar-refractivity contribution is 5.98. The van der Waals surface area contributed by atoms with Crippen LogP contribution in [0.15, 0.2) is 54.9 Å². The molecule has 0 aliphatic rings. The van der Waals surface area contributed by atoms with Crippen LogP contribution in [0.3, 0.4) is 0 Å². The lowest BCUT2D eigenvalue weighted by molar-refractivity contribution is 0.0972. The van der Waals surface area contributed by atoms with Gasteiger partial charge in [-0.1, -0.05) is 30.3 Å². The van der Waals surface area contributed by atoms with Gasteiger partial charge in [-0.2, -0.15) is 0 Å². The molecule has 0 radical (unpaired) electrons. The van der Waals surface area contributed by atoms with E-state index in [1.54, 1.807) is 4.57 Å². The van der Waals surface area contributed by atoms with Gasteiger partial charge >= 0.3 is 0 Å². The summed E-state index contributed by atoms with van der Waals surface area (Å²) in [6, 6.07) is 14.0. The molecule has 4 aromatic rings. The predicted molar refractivity (Wildman–Crippen MR) is 103 cm³/mol. The molecule has 0 saturated carbocycles. The number of ketones is 1. The van der Waals surface area contributed by atoms with Gasteiger partial charge in [0.05, 0.1) is 23.9 Å². The van der Waals surface area contributed by atoms with Crippen molar-refractivity contribution in [2.75, 3.05) is 0 Å². The zero-order valence-corrected chi connectivity index (χ0v) is 15.6. The van der Waals surface area contributed by atoms with Gasteiger partial charge in [-0.05, 0) is 25.5 Å². The van der Waals surface area contributed by atoms with Crippen LogP contribution >= 0.6 is 0 Å². The Morgan fingerprint density at radius 3 is 2.50 bits per heavy atom. The van der Waals surface area contributed by atoms with Crippen LogP contribution in [0.1, 0.15) is 27.3 Å². The van der Waals surface area contributed by atoms with Crippen molar-refractivity contribution >= 4 is 16.8 Å². The molecule has 28 heavy (non-hydrogen) atoms. The molecule has 0 aliphatic carbocycles. The van der Waals surface area contributed by atoms with Gasteiger partial charge in [-0.15, -0.1) is 0 Å². The highest BCUT2D eigenvalue weighted by atomic mass is 19.2. The molecule has 0 amide bonds. The van der Waals surface area contributed by atoms with Gasteiger partial charge in [0.1, 0.15) is 0 Å². The van der Waals surface area contributed by atoms with Crippen LogP contribution in [-0.2, 0) is 13.1 Å². The number of carbonyl (C=O) groups is 1. The topological polar surface area (TPSA) is 39.8 Å². The molecule has 2 heterocycles. The van der Waals surface area contributed by atoms with Crippen LogP contribution in [0, 0.1) is 25.5 Å². The number of imidazole rings is 1. The lowest BCUT2D eigenvalue weighted by Gasteiger charge is -2.10. The summed E-state index contributed by atoms with van der Waals surface area (Å²) in [5.41, 5.74) is 4.37. The Kier molecular flexibility index (Phi) is 4.55. The van der Waals surface area contributed by atoms with Crippen molar-refractivity contribution in [3.63, 3.8) is 0 Å². The summed E-state index contributed by atoms with van der Waals surface area (Å²) in [4.78, 5) is 17.0. The fourth-order valence-corrected chi connectivity index (χ4v) is 3.51. The molecule has 0 unspecified atom stereocenters. The molecule has 2 aromatic carbocycles. The Bertz CT molecular complexity index is 1180. The smallest absolute Gasteiger partial charge is 0.184 e. The maximum absolute atomic E-state index is 13.6. The van der Waals surface area contributed by atoms with Crippen LogP contribution in [0.25, 0.3) is 11.0 Å². The molecule has 4 nitrogen and oxygen atoms in total. The van der Waals surface area contributed by atoms with Gasteiger partial charge < -0.3 is 9.13 Å². The van der Waals surface area contributed by atoms with E-state index >= 15 is 0 Å². The second-order valence-electron chi connectivity index (χ2n) is 6.91. The lowest BCUT2D eigenvalue weighted by atomic mass is 10.1. The number of rotatable bonds is 5. The molecular formula is C22H19F2N3O. The first-order valence-electron chi connectivity index (χ1n) is 8.98. The summed E-state index contributed by atoms with van der Waals surface area (Å²) >= 11 is 0. The molecule has 0 aliphatic heterocycles. The number of halogens is 2. The number of Topliss-reactive ketones (excluding diaryl/α,β-unsaturated/α-hetero) is 1. The SMILES string of the molecule is Cc1cc(C(=O)Cn2cnc3cc(F)c(F)cc32)c(C)n1Cc1ccccc1. The average Bonchev–Trinajstić information content (AvgIpc) is 3.18. The van der Waals surface area contributed by atoms with E-state index in [0.29, 0.717) is 23.1 Å². The van der Waals surface area contributed by atoms with Crippen molar-refractivity contribution in [1.29, 1.82) is 0 Å². The monoisotopic (exact) mass is 379 g/mol. The molecule has 0 saturated heterocycles. The van der Waals surface area contributed by atoms with Gasteiger partial charge in [0.25, 0.3) is 0 Å². The van der Waals surface area contributed by atoms with E-state index in [0.717, 1.165) is 29.1 Å². The average molecular weight is 379 g/mol. The van der Waals surface area contributed by atoms with E-state index in [1.165, 1.54) is 6.33 Å².